The van der Waals surface area contributed by atoms with Crippen LogP contribution in [0.1, 0.15) is 37.0 Å². The van der Waals surface area contributed by atoms with Crippen molar-refractivity contribution in [3.8, 4) is 0 Å². The molecule has 0 amide bonds. The second kappa shape index (κ2) is 5.72. The van der Waals surface area contributed by atoms with E-state index in [4.69, 9.17) is 5.73 Å². The van der Waals surface area contributed by atoms with E-state index in [0.717, 1.165) is 31.4 Å². The molecule has 2 atom stereocenters. The molecule has 1 aliphatic rings. The minimum atomic E-state index is -0.425. The molecule has 0 aromatic heterocycles. The molecule has 3 heteroatoms. The molecule has 0 bridgehead atoms. The van der Waals surface area contributed by atoms with E-state index in [0.29, 0.717) is 6.54 Å². The van der Waals surface area contributed by atoms with Gasteiger partial charge < -0.3 is 15.7 Å². The van der Waals surface area contributed by atoms with Gasteiger partial charge in [0.25, 0.3) is 0 Å². The smallest absolute Gasteiger partial charge is 0.0830 e. The first-order valence-corrected chi connectivity index (χ1v) is 6.89. The van der Waals surface area contributed by atoms with Gasteiger partial charge in [0.1, 0.15) is 0 Å². The van der Waals surface area contributed by atoms with Crippen molar-refractivity contribution in [1.82, 2.24) is 0 Å². The molecule has 100 valence electrons. The zero-order chi connectivity index (χ0) is 13.1. The average molecular weight is 248 g/mol. The van der Waals surface area contributed by atoms with E-state index < -0.39 is 6.10 Å². The topological polar surface area (TPSA) is 49.5 Å². The van der Waals surface area contributed by atoms with Crippen LogP contribution in [0.5, 0.6) is 0 Å². The lowest BCUT2D eigenvalue weighted by molar-refractivity contribution is 0.107. The Morgan fingerprint density at radius 3 is 2.89 bits per heavy atom. The van der Waals surface area contributed by atoms with Crippen LogP contribution in [-0.4, -0.2) is 25.2 Å². The third-order valence-corrected chi connectivity index (χ3v) is 3.98. The summed E-state index contributed by atoms with van der Waals surface area (Å²) >= 11 is 0. The number of aliphatic hydroxyl groups excluding tert-OH is 1. The highest BCUT2D eigenvalue weighted by Crippen LogP contribution is 2.32. The molecule has 1 aromatic carbocycles. The fraction of sp³-hybridized carbons (Fsp3) is 0.600. The molecule has 0 radical (unpaired) electrons. The summed E-state index contributed by atoms with van der Waals surface area (Å²) in [5, 5.41) is 10.4. The second-order valence-corrected chi connectivity index (χ2v) is 5.29. The minimum absolute atomic E-state index is 0.173. The molecule has 2 unspecified atom stereocenters. The Morgan fingerprint density at radius 1 is 1.44 bits per heavy atom. The first-order chi connectivity index (χ1) is 8.67. The van der Waals surface area contributed by atoms with E-state index in [1.807, 2.05) is 6.07 Å². The van der Waals surface area contributed by atoms with E-state index in [1.165, 1.54) is 11.3 Å². The monoisotopic (exact) mass is 248 g/mol. The molecule has 1 aliphatic heterocycles. The number of anilines is 1. The number of rotatable bonds is 5. The lowest BCUT2D eigenvalue weighted by atomic mass is 9.91. The Bertz CT molecular complexity index is 405. The van der Waals surface area contributed by atoms with Crippen molar-refractivity contribution in [1.29, 1.82) is 0 Å². The van der Waals surface area contributed by atoms with Crippen LogP contribution in [0.4, 0.5) is 5.69 Å². The Morgan fingerprint density at radius 2 is 2.22 bits per heavy atom. The van der Waals surface area contributed by atoms with Crippen LogP contribution in [0.15, 0.2) is 18.2 Å². The molecule has 1 heterocycles. The minimum Gasteiger partial charge on any atom is -0.388 e. The van der Waals surface area contributed by atoms with E-state index in [2.05, 4.69) is 31.0 Å². The molecular formula is C15H24N2O. The molecule has 1 aromatic rings. The molecule has 3 nitrogen and oxygen atoms in total. The van der Waals surface area contributed by atoms with Gasteiger partial charge in [-0.2, -0.15) is 0 Å². The van der Waals surface area contributed by atoms with Gasteiger partial charge in [0, 0.05) is 25.2 Å². The lowest BCUT2D eigenvalue weighted by Crippen LogP contribution is -2.22. The molecule has 0 aliphatic carbocycles. The van der Waals surface area contributed by atoms with Crippen molar-refractivity contribution in [2.45, 2.75) is 32.3 Å². The molecule has 18 heavy (non-hydrogen) atoms. The number of nitrogens with two attached hydrogens (primary N) is 1. The van der Waals surface area contributed by atoms with Crippen molar-refractivity contribution >= 4 is 5.69 Å². The summed E-state index contributed by atoms with van der Waals surface area (Å²) in [6, 6.07) is 6.33. The van der Waals surface area contributed by atoms with Gasteiger partial charge in [-0.25, -0.2) is 0 Å². The SMILES string of the molecule is CCCC(CN)C(O)c1ccc2c(c1)CCN2C. The summed E-state index contributed by atoms with van der Waals surface area (Å²) in [5.74, 6) is 0.173. The summed E-state index contributed by atoms with van der Waals surface area (Å²) in [7, 11) is 2.11. The number of aliphatic hydroxyl groups is 1. The van der Waals surface area contributed by atoms with Crippen LogP contribution in [0.3, 0.4) is 0 Å². The fourth-order valence-corrected chi connectivity index (χ4v) is 2.82. The molecule has 0 spiro atoms. The van der Waals surface area contributed by atoms with E-state index >= 15 is 0 Å². The molecule has 0 saturated carbocycles. The van der Waals surface area contributed by atoms with Crippen molar-refractivity contribution in [2.24, 2.45) is 11.7 Å². The first-order valence-electron chi connectivity index (χ1n) is 6.89. The number of hydrogen-bond acceptors (Lipinski definition) is 3. The van der Waals surface area contributed by atoms with Gasteiger partial charge in [-0.1, -0.05) is 25.5 Å². The van der Waals surface area contributed by atoms with Gasteiger partial charge in [0.05, 0.1) is 6.10 Å². The van der Waals surface area contributed by atoms with Crippen LogP contribution in [0, 0.1) is 5.92 Å². The molecule has 2 rings (SSSR count). The summed E-state index contributed by atoms with van der Waals surface area (Å²) in [6.45, 7) is 3.75. The maximum atomic E-state index is 10.4. The van der Waals surface area contributed by atoms with Gasteiger partial charge in [-0.15, -0.1) is 0 Å². The van der Waals surface area contributed by atoms with Crippen LogP contribution < -0.4 is 10.6 Å². The van der Waals surface area contributed by atoms with Crippen molar-refractivity contribution in [3.05, 3.63) is 29.3 Å². The normalized spacial score (nSPS) is 17.7. The number of hydrogen-bond donors (Lipinski definition) is 2. The van der Waals surface area contributed by atoms with E-state index in [-0.39, 0.29) is 5.92 Å². The number of nitrogens with zero attached hydrogens (tertiary/aromatic N) is 1. The zero-order valence-electron chi connectivity index (χ0n) is 11.4. The zero-order valence-corrected chi connectivity index (χ0v) is 11.4. The molecule has 3 N–H and O–H groups in total. The third kappa shape index (κ3) is 2.52. The Hall–Kier alpha value is -1.06. The summed E-state index contributed by atoms with van der Waals surface area (Å²) in [5.41, 5.74) is 9.43. The number of likely N-dealkylation sites (N-methyl/N-ethyl adjacent to an activating group) is 1. The van der Waals surface area contributed by atoms with Crippen LogP contribution in [0.25, 0.3) is 0 Å². The maximum Gasteiger partial charge on any atom is 0.0830 e. The van der Waals surface area contributed by atoms with E-state index in [1.54, 1.807) is 0 Å². The predicted octanol–water partition coefficient (Wildman–Crippen LogP) is 2.09. The largest absolute Gasteiger partial charge is 0.388 e. The van der Waals surface area contributed by atoms with Gasteiger partial charge in [0.15, 0.2) is 0 Å². The van der Waals surface area contributed by atoms with Crippen LogP contribution >= 0.6 is 0 Å². The average Bonchev–Trinajstić information content (AvgIpc) is 2.76. The van der Waals surface area contributed by atoms with Gasteiger partial charge in [0.2, 0.25) is 0 Å². The highest BCUT2D eigenvalue weighted by atomic mass is 16.3. The quantitative estimate of drug-likeness (QED) is 0.839. The van der Waals surface area contributed by atoms with Crippen molar-refractivity contribution < 1.29 is 5.11 Å². The standard InChI is InChI=1S/C15H24N2O/c1-3-4-13(10-16)15(18)12-5-6-14-11(9-12)7-8-17(14)2/h5-6,9,13,15,18H,3-4,7-8,10,16H2,1-2H3. The first kappa shape index (κ1) is 13.4. The summed E-state index contributed by atoms with van der Waals surface area (Å²) in [6.07, 6.45) is 2.69. The van der Waals surface area contributed by atoms with Crippen molar-refractivity contribution in [2.75, 3.05) is 25.0 Å². The second-order valence-electron chi connectivity index (χ2n) is 5.29. The highest BCUT2D eigenvalue weighted by Gasteiger charge is 2.22. The molecular weight excluding hydrogens is 224 g/mol. The van der Waals surface area contributed by atoms with Gasteiger partial charge in [-0.3, -0.25) is 0 Å². The third-order valence-electron chi connectivity index (χ3n) is 3.98. The van der Waals surface area contributed by atoms with Gasteiger partial charge in [-0.05, 0) is 36.6 Å². The predicted molar refractivity (Wildman–Crippen MR) is 75.8 cm³/mol. The number of fused-ring (bicyclic) bond motifs is 1. The number of benzene rings is 1. The summed E-state index contributed by atoms with van der Waals surface area (Å²) in [4.78, 5) is 2.26. The molecule has 0 fully saturated rings. The van der Waals surface area contributed by atoms with Crippen LogP contribution in [-0.2, 0) is 6.42 Å². The van der Waals surface area contributed by atoms with Crippen LogP contribution in [0.2, 0.25) is 0 Å². The van der Waals surface area contributed by atoms with Crippen molar-refractivity contribution in [3.63, 3.8) is 0 Å². The Kier molecular flexibility index (Phi) is 4.25. The van der Waals surface area contributed by atoms with Gasteiger partial charge >= 0.3 is 0 Å². The fourth-order valence-electron chi connectivity index (χ4n) is 2.82. The highest BCUT2D eigenvalue weighted by molar-refractivity contribution is 5.58. The van der Waals surface area contributed by atoms with E-state index in [9.17, 15) is 5.11 Å². The maximum absolute atomic E-state index is 10.4. The summed E-state index contributed by atoms with van der Waals surface area (Å²) < 4.78 is 0. The lowest BCUT2D eigenvalue weighted by Gasteiger charge is -2.22. The Labute approximate surface area is 110 Å². The molecule has 0 saturated heterocycles. The Balaban J connectivity index is 2.18.